The lowest BCUT2D eigenvalue weighted by molar-refractivity contribution is -0.158. The minimum Gasteiger partial charge on any atom is -0.463 e. The molecule has 7 nitrogen and oxygen atoms in total. The van der Waals surface area contributed by atoms with Crippen molar-refractivity contribution < 1.29 is 34.0 Å². The molecule has 0 aromatic carbocycles. The third-order valence-corrected chi connectivity index (χ3v) is 3.73. The Labute approximate surface area is 122 Å². The molecule has 0 aromatic heterocycles. The first-order chi connectivity index (χ1) is 10.1. The molecule has 21 heavy (non-hydrogen) atoms. The zero-order valence-electron chi connectivity index (χ0n) is 11.9. The summed E-state index contributed by atoms with van der Waals surface area (Å²) in [5, 5.41) is 18.5. The zero-order chi connectivity index (χ0) is 15.5. The van der Waals surface area contributed by atoms with Crippen molar-refractivity contribution in [2.24, 2.45) is 5.92 Å². The van der Waals surface area contributed by atoms with Gasteiger partial charge in [0.25, 0.3) is 0 Å². The fourth-order valence-corrected chi connectivity index (χ4v) is 2.68. The van der Waals surface area contributed by atoms with Crippen molar-refractivity contribution >= 4 is 12.3 Å². The maximum atomic E-state index is 12.0. The summed E-state index contributed by atoms with van der Waals surface area (Å²) in [6.07, 6.45) is 1.57. The molecule has 1 heterocycles. The van der Waals surface area contributed by atoms with Crippen LogP contribution in [0.25, 0.3) is 0 Å². The van der Waals surface area contributed by atoms with Gasteiger partial charge in [0.2, 0.25) is 0 Å². The second-order valence-electron chi connectivity index (χ2n) is 5.09. The van der Waals surface area contributed by atoms with Gasteiger partial charge in [-0.15, -0.1) is 0 Å². The number of ether oxygens (including phenoxy) is 3. The van der Waals surface area contributed by atoms with Crippen molar-refractivity contribution in [3.05, 3.63) is 11.6 Å². The van der Waals surface area contributed by atoms with E-state index in [-0.39, 0.29) is 25.4 Å². The summed E-state index contributed by atoms with van der Waals surface area (Å²) < 4.78 is 16.3. The van der Waals surface area contributed by atoms with Gasteiger partial charge >= 0.3 is 5.97 Å². The SMILES string of the molecule is CCOC(=O)C1=CC2(CC[C@H]1C=O)O[C@@H](CO)[C@H](CO)O2. The Bertz CT molecular complexity index is 419. The van der Waals surface area contributed by atoms with Crippen molar-refractivity contribution in [2.45, 2.75) is 37.8 Å². The number of aldehydes is 1. The Balaban J connectivity index is 2.27. The summed E-state index contributed by atoms with van der Waals surface area (Å²) in [5.74, 6) is -2.32. The third kappa shape index (κ3) is 3.16. The van der Waals surface area contributed by atoms with Gasteiger partial charge in [-0.25, -0.2) is 4.79 Å². The zero-order valence-corrected chi connectivity index (χ0v) is 11.9. The van der Waals surface area contributed by atoms with Gasteiger partial charge in [0, 0.05) is 17.9 Å². The lowest BCUT2D eigenvalue weighted by Gasteiger charge is -2.32. The first-order valence-corrected chi connectivity index (χ1v) is 7.01. The summed E-state index contributed by atoms with van der Waals surface area (Å²) in [7, 11) is 0. The van der Waals surface area contributed by atoms with E-state index < -0.39 is 29.9 Å². The van der Waals surface area contributed by atoms with Crippen LogP contribution in [0.15, 0.2) is 11.6 Å². The minimum atomic E-state index is -1.19. The quantitative estimate of drug-likeness (QED) is 0.523. The van der Waals surface area contributed by atoms with Gasteiger partial charge in [0.1, 0.15) is 18.5 Å². The van der Waals surface area contributed by atoms with Crippen LogP contribution in [-0.2, 0) is 23.8 Å². The van der Waals surface area contributed by atoms with E-state index in [0.29, 0.717) is 19.1 Å². The Morgan fingerprint density at radius 1 is 1.43 bits per heavy atom. The Morgan fingerprint density at radius 3 is 2.52 bits per heavy atom. The predicted molar refractivity (Wildman–Crippen MR) is 70.2 cm³/mol. The number of hydrogen-bond donors (Lipinski definition) is 2. The fourth-order valence-electron chi connectivity index (χ4n) is 2.68. The smallest absolute Gasteiger partial charge is 0.334 e. The van der Waals surface area contributed by atoms with Crippen LogP contribution in [0.5, 0.6) is 0 Å². The van der Waals surface area contributed by atoms with Crippen LogP contribution in [-0.4, -0.2) is 60.3 Å². The highest BCUT2D eigenvalue weighted by Gasteiger charge is 2.49. The predicted octanol–water partition coefficient (Wildman–Crippen LogP) is -0.450. The highest BCUT2D eigenvalue weighted by atomic mass is 16.8. The lowest BCUT2D eigenvalue weighted by Crippen LogP contribution is -2.37. The van der Waals surface area contributed by atoms with E-state index in [1.54, 1.807) is 6.92 Å². The van der Waals surface area contributed by atoms with Gasteiger partial charge in [-0.05, 0) is 19.4 Å². The molecule has 1 spiro atoms. The molecule has 2 rings (SSSR count). The minimum absolute atomic E-state index is 0.202. The number of esters is 1. The first kappa shape index (κ1) is 16.1. The average Bonchev–Trinajstić information content (AvgIpc) is 2.85. The van der Waals surface area contributed by atoms with Crippen molar-refractivity contribution in [3.63, 3.8) is 0 Å². The molecular weight excluding hydrogens is 280 g/mol. The molecule has 0 unspecified atom stereocenters. The number of aliphatic hydroxyl groups excluding tert-OH is 2. The third-order valence-electron chi connectivity index (χ3n) is 3.73. The molecule has 7 heteroatoms. The monoisotopic (exact) mass is 300 g/mol. The second kappa shape index (κ2) is 6.65. The fraction of sp³-hybridized carbons (Fsp3) is 0.714. The van der Waals surface area contributed by atoms with Crippen molar-refractivity contribution in [1.82, 2.24) is 0 Å². The van der Waals surface area contributed by atoms with E-state index in [1.807, 2.05) is 0 Å². The highest BCUT2D eigenvalue weighted by molar-refractivity contribution is 5.93. The highest BCUT2D eigenvalue weighted by Crippen LogP contribution is 2.40. The van der Waals surface area contributed by atoms with Gasteiger partial charge in [-0.1, -0.05) is 0 Å². The maximum Gasteiger partial charge on any atom is 0.334 e. The molecule has 2 aliphatic rings. The Kier molecular flexibility index (Phi) is 5.10. The number of carbonyl (C=O) groups excluding carboxylic acids is 2. The normalized spacial score (nSPS) is 31.0. The molecule has 1 fully saturated rings. The largest absolute Gasteiger partial charge is 0.463 e. The van der Waals surface area contributed by atoms with E-state index in [4.69, 9.17) is 14.2 Å². The second-order valence-corrected chi connectivity index (χ2v) is 5.09. The summed E-state index contributed by atoms with van der Waals surface area (Å²) in [5.41, 5.74) is 0.202. The van der Waals surface area contributed by atoms with E-state index in [0.717, 1.165) is 0 Å². The van der Waals surface area contributed by atoms with Crippen molar-refractivity contribution in [3.8, 4) is 0 Å². The molecule has 118 valence electrons. The van der Waals surface area contributed by atoms with Gasteiger partial charge in [0.15, 0.2) is 5.79 Å². The molecule has 0 bridgehead atoms. The molecule has 1 aliphatic carbocycles. The van der Waals surface area contributed by atoms with Crippen LogP contribution < -0.4 is 0 Å². The average molecular weight is 300 g/mol. The Morgan fingerprint density at radius 2 is 2.05 bits per heavy atom. The molecule has 0 radical (unpaired) electrons. The van der Waals surface area contributed by atoms with Crippen molar-refractivity contribution in [1.29, 1.82) is 0 Å². The molecular formula is C14H20O7. The van der Waals surface area contributed by atoms with Crippen LogP contribution in [0.4, 0.5) is 0 Å². The number of carbonyl (C=O) groups is 2. The van der Waals surface area contributed by atoms with Crippen molar-refractivity contribution in [2.75, 3.05) is 19.8 Å². The van der Waals surface area contributed by atoms with Gasteiger partial charge in [-0.3, -0.25) is 0 Å². The Hall–Kier alpha value is -1.28. The molecule has 1 aliphatic heterocycles. The summed E-state index contributed by atoms with van der Waals surface area (Å²) in [6.45, 7) is 1.29. The van der Waals surface area contributed by atoms with Crippen LogP contribution in [0.3, 0.4) is 0 Å². The molecule has 2 N–H and O–H groups in total. The number of aliphatic hydroxyl groups is 2. The lowest BCUT2D eigenvalue weighted by atomic mass is 9.85. The number of hydrogen-bond acceptors (Lipinski definition) is 7. The molecule has 0 amide bonds. The molecule has 0 aromatic rings. The van der Waals surface area contributed by atoms with E-state index in [2.05, 4.69) is 0 Å². The van der Waals surface area contributed by atoms with Gasteiger partial charge < -0.3 is 29.2 Å². The first-order valence-electron chi connectivity index (χ1n) is 7.01. The summed E-state index contributed by atoms with van der Waals surface area (Å²) >= 11 is 0. The molecule has 3 atom stereocenters. The molecule has 1 saturated heterocycles. The van der Waals surface area contributed by atoms with E-state index >= 15 is 0 Å². The van der Waals surface area contributed by atoms with Gasteiger partial charge in [0.05, 0.1) is 19.8 Å². The van der Waals surface area contributed by atoms with Crippen LogP contribution in [0.1, 0.15) is 19.8 Å². The van der Waals surface area contributed by atoms with E-state index in [1.165, 1.54) is 6.08 Å². The van der Waals surface area contributed by atoms with Crippen LogP contribution in [0.2, 0.25) is 0 Å². The topological polar surface area (TPSA) is 102 Å². The maximum absolute atomic E-state index is 12.0. The van der Waals surface area contributed by atoms with Crippen LogP contribution >= 0.6 is 0 Å². The van der Waals surface area contributed by atoms with E-state index in [9.17, 15) is 19.8 Å². The standard InChI is InChI=1S/C14H20O7/c1-2-19-13(18)10-5-14(4-3-9(10)6-15)20-11(7-16)12(8-17)21-14/h5-6,9,11-12,16-17H,2-4,7-8H2,1H3/t9-,11-,12-/m0/s1. The van der Waals surface area contributed by atoms with Crippen LogP contribution in [0, 0.1) is 5.92 Å². The number of rotatable bonds is 5. The summed E-state index contributed by atoms with van der Waals surface area (Å²) in [4.78, 5) is 23.1. The van der Waals surface area contributed by atoms with Gasteiger partial charge in [-0.2, -0.15) is 0 Å². The molecule has 0 saturated carbocycles. The summed E-state index contributed by atoms with van der Waals surface area (Å²) in [6, 6.07) is 0.